The Balaban J connectivity index is 1.98. The van der Waals surface area contributed by atoms with Crippen LogP contribution in [0.3, 0.4) is 0 Å². The van der Waals surface area contributed by atoms with Gasteiger partial charge in [0.25, 0.3) is 5.91 Å². The summed E-state index contributed by atoms with van der Waals surface area (Å²) in [6, 6.07) is 20.7. The summed E-state index contributed by atoms with van der Waals surface area (Å²) in [7, 11) is 0. The van der Waals surface area contributed by atoms with Gasteiger partial charge >= 0.3 is 0 Å². The summed E-state index contributed by atoms with van der Waals surface area (Å²) in [5.41, 5.74) is 2.02. The molecule has 0 radical (unpaired) electrons. The van der Waals surface area contributed by atoms with Crippen LogP contribution in [0.4, 0.5) is 5.69 Å². The third kappa shape index (κ3) is 3.37. The Morgan fingerprint density at radius 1 is 0.957 bits per heavy atom. The molecule has 1 N–H and O–H groups in total. The zero-order chi connectivity index (χ0) is 16.1. The maximum absolute atomic E-state index is 12.9. The largest absolute Gasteiger partial charge is 0.505 e. The van der Waals surface area contributed by atoms with Crippen LogP contribution in [-0.2, 0) is 6.54 Å². The summed E-state index contributed by atoms with van der Waals surface area (Å²) in [6.07, 6.45) is 2.78. The van der Waals surface area contributed by atoms with E-state index < -0.39 is 0 Å². The Morgan fingerprint density at radius 3 is 2.26 bits per heavy atom. The Kier molecular flexibility index (Phi) is 4.34. The summed E-state index contributed by atoms with van der Waals surface area (Å²) in [6.45, 7) is 0.422. The van der Waals surface area contributed by atoms with Crippen molar-refractivity contribution in [3.05, 3.63) is 90.3 Å². The Hall–Kier alpha value is -3.14. The highest BCUT2D eigenvalue weighted by molar-refractivity contribution is 6.07. The van der Waals surface area contributed by atoms with Crippen LogP contribution < -0.4 is 4.90 Å². The molecule has 0 saturated heterocycles. The minimum atomic E-state index is -0.264. The molecule has 3 rings (SSSR count). The molecule has 23 heavy (non-hydrogen) atoms. The molecule has 1 heterocycles. The molecule has 0 bridgehead atoms. The van der Waals surface area contributed by atoms with Crippen molar-refractivity contribution in [3.63, 3.8) is 0 Å². The Labute approximate surface area is 134 Å². The van der Waals surface area contributed by atoms with Crippen molar-refractivity contribution < 1.29 is 9.90 Å². The van der Waals surface area contributed by atoms with Gasteiger partial charge in [-0.25, -0.2) is 0 Å². The van der Waals surface area contributed by atoms with E-state index in [1.54, 1.807) is 4.90 Å². The van der Waals surface area contributed by atoms with Gasteiger partial charge in [0.1, 0.15) is 5.75 Å². The number of rotatable bonds is 4. The number of hydrogen-bond acceptors (Lipinski definition) is 3. The molecule has 114 valence electrons. The predicted octanol–water partition coefficient (Wildman–Crippen LogP) is 3.63. The molecule has 0 spiro atoms. The highest BCUT2D eigenvalue weighted by Gasteiger charge is 2.20. The highest BCUT2D eigenvalue weighted by atomic mass is 16.3. The topological polar surface area (TPSA) is 53.4 Å². The first kappa shape index (κ1) is 14.8. The number of aromatic nitrogens is 1. The van der Waals surface area contributed by atoms with E-state index in [4.69, 9.17) is 0 Å². The first-order chi connectivity index (χ1) is 11.3. The standard InChI is InChI=1S/C19H16N2O2/c22-18-13-20-12-11-17(18)19(23)21(16-9-5-2-6-10-16)14-15-7-3-1-4-8-15/h1-13,22H,14H2. The van der Waals surface area contributed by atoms with Crippen molar-refractivity contribution in [2.75, 3.05) is 4.90 Å². The summed E-state index contributed by atoms with van der Waals surface area (Å²) >= 11 is 0. The number of aromatic hydroxyl groups is 1. The third-order valence-electron chi connectivity index (χ3n) is 3.53. The van der Waals surface area contributed by atoms with Crippen molar-refractivity contribution >= 4 is 11.6 Å². The monoisotopic (exact) mass is 304 g/mol. The maximum Gasteiger partial charge on any atom is 0.262 e. The smallest absolute Gasteiger partial charge is 0.262 e. The minimum Gasteiger partial charge on any atom is -0.505 e. The number of pyridine rings is 1. The quantitative estimate of drug-likeness (QED) is 0.800. The molecule has 0 aliphatic carbocycles. The third-order valence-corrected chi connectivity index (χ3v) is 3.53. The van der Waals surface area contributed by atoms with Gasteiger partial charge < -0.3 is 10.0 Å². The van der Waals surface area contributed by atoms with Crippen LogP contribution in [-0.4, -0.2) is 16.0 Å². The molecular formula is C19H16N2O2. The normalized spacial score (nSPS) is 10.3. The van der Waals surface area contributed by atoms with Crippen LogP contribution in [0.15, 0.2) is 79.1 Å². The fourth-order valence-electron chi connectivity index (χ4n) is 2.37. The molecule has 0 aliphatic heterocycles. The number of amides is 1. The second kappa shape index (κ2) is 6.75. The Morgan fingerprint density at radius 2 is 1.61 bits per heavy atom. The number of carbonyl (C=O) groups excluding carboxylic acids is 1. The zero-order valence-electron chi connectivity index (χ0n) is 12.5. The lowest BCUT2D eigenvalue weighted by Gasteiger charge is -2.23. The molecule has 0 atom stereocenters. The summed E-state index contributed by atoms with van der Waals surface area (Å²) < 4.78 is 0. The molecule has 0 saturated carbocycles. The maximum atomic E-state index is 12.9. The second-order valence-corrected chi connectivity index (χ2v) is 5.11. The van der Waals surface area contributed by atoms with Crippen LogP contribution in [0.25, 0.3) is 0 Å². The van der Waals surface area contributed by atoms with Crippen molar-refractivity contribution in [1.82, 2.24) is 4.98 Å². The SMILES string of the molecule is O=C(c1ccncc1O)N(Cc1ccccc1)c1ccccc1. The average molecular weight is 304 g/mol. The fraction of sp³-hybridized carbons (Fsp3) is 0.0526. The van der Waals surface area contributed by atoms with Crippen LogP contribution in [0.1, 0.15) is 15.9 Å². The van der Waals surface area contributed by atoms with E-state index >= 15 is 0 Å². The number of hydrogen-bond donors (Lipinski definition) is 1. The van der Waals surface area contributed by atoms with E-state index in [1.165, 1.54) is 18.5 Å². The summed E-state index contributed by atoms with van der Waals surface area (Å²) in [5.74, 6) is -0.383. The van der Waals surface area contributed by atoms with Gasteiger partial charge in [-0.05, 0) is 23.8 Å². The van der Waals surface area contributed by atoms with E-state index in [2.05, 4.69) is 4.98 Å². The van der Waals surface area contributed by atoms with Crippen LogP contribution in [0, 0.1) is 0 Å². The average Bonchev–Trinajstić information content (AvgIpc) is 2.61. The molecule has 0 unspecified atom stereocenters. The first-order valence-corrected chi connectivity index (χ1v) is 7.29. The predicted molar refractivity (Wildman–Crippen MR) is 89.3 cm³/mol. The lowest BCUT2D eigenvalue weighted by Crippen LogP contribution is -2.30. The second-order valence-electron chi connectivity index (χ2n) is 5.11. The number of carbonyl (C=O) groups is 1. The van der Waals surface area contributed by atoms with Gasteiger partial charge in [-0.15, -0.1) is 0 Å². The molecule has 3 aromatic rings. The van der Waals surface area contributed by atoms with E-state index in [0.29, 0.717) is 6.54 Å². The van der Waals surface area contributed by atoms with Gasteiger partial charge in [0.15, 0.2) is 0 Å². The van der Waals surface area contributed by atoms with Gasteiger partial charge in [-0.2, -0.15) is 0 Å². The van der Waals surface area contributed by atoms with Crippen LogP contribution in [0.2, 0.25) is 0 Å². The molecule has 0 fully saturated rings. The molecule has 4 heteroatoms. The minimum absolute atomic E-state index is 0.119. The van der Waals surface area contributed by atoms with E-state index in [-0.39, 0.29) is 17.2 Å². The lowest BCUT2D eigenvalue weighted by atomic mass is 10.1. The van der Waals surface area contributed by atoms with Crippen molar-refractivity contribution in [2.24, 2.45) is 0 Å². The molecule has 4 nitrogen and oxygen atoms in total. The zero-order valence-corrected chi connectivity index (χ0v) is 12.5. The van der Waals surface area contributed by atoms with Gasteiger partial charge in [-0.3, -0.25) is 9.78 Å². The van der Waals surface area contributed by atoms with Gasteiger partial charge in [0.05, 0.1) is 18.3 Å². The number of nitrogens with zero attached hydrogens (tertiary/aromatic N) is 2. The van der Waals surface area contributed by atoms with Crippen LogP contribution in [0.5, 0.6) is 5.75 Å². The van der Waals surface area contributed by atoms with E-state index in [1.807, 2.05) is 60.7 Å². The van der Waals surface area contributed by atoms with Gasteiger partial charge in [0, 0.05) is 11.9 Å². The first-order valence-electron chi connectivity index (χ1n) is 7.29. The van der Waals surface area contributed by atoms with Gasteiger partial charge in [-0.1, -0.05) is 48.5 Å². The van der Waals surface area contributed by atoms with Crippen molar-refractivity contribution in [1.29, 1.82) is 0 Å². The van der Waals surface area contributed by atoms with Crippen molar-refractivity contribution in [2.45, 2.75) is 6.54 Å². The summed E-state index contributed by atoms with van der Waals surface area (Å²) in [4.78, 5) is 18.4. The van der Waals surface area contributed by atoms with Crippen LogP contribution >= 0.6 is 0 Å². The van der Waals surface area contributed by atoms with Gasteiger partial charge in [0.2, 0.25) is 0 Å². The fourth-order valence-corrected chi connectivity index (χ4v) is 2.37. The lowest BCUT2D eigenvalue weighted by molar-refractivity contribution is 0.0982. The van der Waals surface area contributed by atoms with E-state index in [9.17, 15) is 9.90 Å². The van der Waals surface area contributed by atoms with Crippen molar-refractivity contribution in [3.8, 4) is 5.75 Å². The molecule has 1 aromatic heterocycles. The van der Waals surface area contributed by atoms with E-state index in [0.717, 1.165) is 11.3 Å². The number of benzene rings is 2. The number of anilines is 1. The highest BCUT2D eigenvalue weighted by Crippen LogP contribution is 2.23. The Bertz CT molecular complexity index is 789. The number of para-hydroxylation sites is 1. The molecule has 2 aromatic carbocycles. The summed E-state index contributed by atoms with van der Waals surface area (Å²) in [5, 5.41) is 9.93. The molecular weight excluding hydrogens is 288 g/mol. The molecule has 0 aliphatic rings. The molecule has 1 amide bonds.